The van der Waals surface area contributed by atoms with Crippen LogP contribution in [0.3, 0.4) is 0 Å². The van der Waals surface area contributed by atoms with E-state index in [9.17, 15) is 13.2 Å². The van der Waals surface area contributed by atoms with Crippen molar-refractivity contribution in [2.24, 2.45) is 0 Å². The van der Waals surface area contributed by atoms with E-state index >= 15 is 0 Å². The Bertz CT molecular complexity index is 911. The maximum Gasteiger partial charge on any atom is 0.243 e. The number of carbonyl (C=O) groups is 1. The van der Waals surface area contributed by atoms with Gasteiger partial charge in [0.1, 0.15) is 0 Å². The Morgan fingerprint density at radius 3 is 2.54 bits per heavy atom. The van der Waals surface area contributed by atoms with E-state index in [2.05, 4.69) is 5.32 Å². The molecule has 3 rings (SSSR count). The Morgan fingerprint density at radius 2 is 1.82 bits per heavy atom. The van der Waals surface area contributed by atoms with Crippen LogP contribution in [0.25, 0.3) is 0 Å². The van der Waals surface area contributed by atoms with Crippen LogP contribution < -0.4 is 5.32 Å². The van der Waals surface area contributed by atoms with Crippen LogP contribution in [0.4, 0.5) is 5.69 Å². The lowest BCUT2D eigenvalue weighted by molar-refractivity contribution is -0.116. The summed E-state index contributed by atoms with van der Waals surface area (Å²) >= 11 is 7.54. The number of anilines is 1. The summed E-state index contributed by atoms with van der Waals surface area (Å²) in [5.41, 5.74) is 0.510. The predicted octanol–water partition coefficient (Wildman–Crippen LogP) is 4.64. The van der Waals surface area contributed by atoms with Crippen molar-refractivity contribution >= 4 is 45.0 Å². The fraction of sp³-hybridized carbons (Fsp3) is 0.350. The molecule has 0 unspecified atom stereocenters. The van der Waals surface area contributed by atoms with Gasteiger partial charge in [-0.1, -0.05) is 17.7 Å². The lowest BCUT2D eigenvalue weighted by Crippen LogP contribution is -2.27. The van der Waals surface area contributed by atoms with Crippen molar-refractivity contribution in [3.05, 3.63) is 53.6 Å². The zero-order valence-electron chi connectivity index (χ0n) is 15.4. The molecule has 2 aromatic rings. The summed E-state index contributed by atoms with van der Waals surface area (Å²) in [7, 11) is -3.48. The average Bonchev–Trinajstić information content (AvgIpc) is 3.22. The molecule has 5 nitrogen and oxygen atoms in total. The number of hydrogen-bond acceptors (Lipinski definition) is 4. The van der Waals surface area contributed by atoms with Crippen LogP contribution in [-0.4, -0.2) is 37.5 Å². The summed E-state index contributed by atoms with van der Waals surface area (Å²) in [6.07, 6.45) is 2.89. The first-order chi connectivity index (χ1) is 13.4. The van der Waals surface area contributed by atoms with E-state index in [1.165, 1.54) is 10.4 Å². The fourth-order valence-corrected chi connectivity index (χ4v) is 5.53. The van der Waals surface area contributed by atoms with Gasteiger partial charge in [0.15, 0.2) is 0 Å². The van der Waals surface area contributed by atoms with E-state index in [1.54, 1.807) is 30.0 Å². The van der Waals surface area contributed by atoms with Gasteiger partial charge < -0.3 is 5.32 Å². The number of benzene rings is 2. The summed E-state index contributed by atoms with van der Waals surface area (Å²) < 4.78 is 26.8. The van der Waals surface area contributed by atoms with Gasteiger partial charge in [-0.25, -0.2) is 8.42 Å². The molecule has 0 aliphatic carbocycles. The van der Waals surface area contributed by atoms with E-state index in [0.717, 1.165) is 29.9 Å². The Kier molecular flexibility index (Phi) is 7.40. The van der Waals surface area contributed by atoms with Crippen LogP contribution in [0.2, 0.25) is 5.02 Å². The highest BCUT2D eigenvalue weighted by Crippen LogP contribution is 2.24. The monoisotopic (exact) mass is 438 g/mol. The number of sulfonamides is 1. The second-order valence-corrected chi connectivity index (χ2v) is 10.1. The Balaban J connectivity index is 1.49. The molecule has 1 fully saturated rings. The molecule has 1 amide bonds. The van der Waals surface area contributed by atoms with Crippen molar-refractivity contribution in [3.63, 3.8) is 0 Å². The van der Waals surface area contributed by atoms with Gasteiger partial charge >= 0.3 is 0 Å². The molecule has 8 heteroatoms. The molecule has 28 heavy (non-hydrogen) atoms. The molecule has 1 heterocycles. The molecule has 1 N–H and O–H groups in total. The number of halogens is 1. The summed E-state index contributed by atoms with van der Waals surface area (Å²) in [5, 5.41) is 3.51. The molecule has 0 bridgehead atoms. The second-order valence-electron chi connectivity index (χ2n) is 6.59. The third-order valence-corrected chi connectivity index (χ3v) is 7.70. The highest BCUT2D eigenvalue weighted by atomic mass is 35.5. The molecular formula is C20H23ClN2O3S2. The Morgan fingerprint density at radius 1 is 1.11 bits per heavy atom. The van der Waals surface area contributed by atoms with Gasteiger partial charge in [0.05, 0.1) is 4.90 Å². The van der Waals surface area contributed by atoms with E-state index in [4.69, 9.17) is 11.6 Å². The maximum atomic E-state index is 12.6. The Hall–Kier alpha value is -1.54. The fourth-order valence-electron chi connectivity index (χ4n) is 2.99. The maximum absolute atomic E-state index is 12.6. The van der Waals surface area contributed by atoms with E-state index in [1.807, 2.05) is 24.3 Å². The first kappa shape index (κ1) is 21.2. The summed E-state index contributed by atoms with van der Waals surface area (Å²) in [4.78, 5) is 13.5. The zero-order chi connectivity index (χ0) is 20.0. The Labute approximate surface area is 175 Å². The van der Waals surface area contributed by atoms with E-state index in [-0.39, 0.29) is 10.8 Å². The van der Waals surface area contributed by atoms with Gasteiger partial charge in [-0.15, -0.1) is 11.8 Å². The standard InChI is InChI=1S/C20H23ClN2O3S2/c21-16-8-10-18(11-9-16)27-14-4-7-20(24)22-17-5-3-6-19(15-17)28(25,26)23-12-1-2-13-23/h3,5-6,8-11,15H,1-2,4,7,12-14H2,(H,22,24). The molecule has 1 aliphatic heterocycles. The van der Waals surface area contributed by atoms with Gasteiger partial charge in [-0.05, 0) is 67.5 Å². The van der Waals surface area contributed by atoms with Crippen molar-refractivity contribution in [3.8, 4) is 0 Å². The number of rotatable bonds is 8. The molecule has 0 atom stereocenters. The third-order valence-electron chi connectivity index (χ3n) is 4.45. The molecule has 1 saturated heterocycles. The van der Waals surface area contributed by atoms with Crippen molar-refractivity contribution < 1.29 is 13.2 Å². The average molecular weight is 439 g/mol. The van der Waals surface area contributed by atoms with Crippen molar-refractivity contribution in [1.82, 2.24) is 4.31 Å². The first-order valence-corrected chi connectivity index (χ1v) is 12.0. The van der Waals surface area contributed by atoms with E-state index < -0.39 is 10.0 Å². The van der Waals surface area contributed by atoms with E-state index in [0.29, 0.717) is 30.2 Å². The number of carbonyl (C=O) groups excluding carboxylic acids is 1. The smallest absolute Gasteiger partial charge is 0.243 e. The summed E-state index contributed by atoms with van der Waals surface area (Å²) in [5.74, 6) is 0.700. The van der Waals surface area contributed by atoms with Crippen LogP contribution in [0.5, 0.6) is 0 Å². The van der Waals surface area contributed by atoms with Crippen molar-refractivity contribution in [2.45, 2.75) is 35.5 Å². The number of hydrogen-bond donors (Lipinski definition) is 1. The highest BCUT2D eigenvalue weighted by molar-refractivity contribution is 7.99. The van der Waals surface area contributed by atoms with Crippen molar-refractivity contribution in [2.75, 3.05) is 24.2 Å². The lowest BCUT2D eigenvalue weighted by Gasteiger charge is -2.16. The minimum atomic E-state index is -3.48. The molecule has 0 saturated carbocycles. The third kappa shape index (κ3) is 5.73. The van der Waals surface area contributed by atoms with Crippen LogP contribution >= 0.6 is 23.4 Å². The lowest BCUT2D eigenvalue weighted by atomic mass is 10.3. The molecule has 150 valence electrons. The van der Waals surface area contributed by atoms with Crippen molar-refractivity contribution in [1.29, 1.82) is 0 Å². The zero-order valence-corrected chi connectivity index (χ0v) is 17.8. The number of thioether (sulfide) groups is 1. The van der Waals surface area contributed by atoms with Crippen LogP contribution in [0.15, 0.2) is 58.3 Å². The first-order valence-electron chi connectivity index (χ1n) is 9.23. The second kappa shape index (κ2) is 9.78. The number of amides is 1. The minimum Gasteiger partial charge on any atom is -0.326 e. The van der Waals surface area contributed by atoms with Gasteiger partial charge in [0.25, 0.3) is 0 Å². The molecule has 0 radical (unpaired) electrons. The van der Waals surface area contributed by atoms with Crippen LogP contribution in [-0.2, 0) is 14.8 Å². The summed E-state index contributed by atoms with van der Waals surface area (Å²) in [6, 6.07) is 14.1. The molecule has 2 aromatic carbocycles. The SMILES string of the molecule is O=C(CCCSc1ccc(Cl)cc1)Nc1cccc(S(=O)(=O)N2CCCC2)c1. The van der Waals surface area contributed by atoms with Gasteiger partial charge in [0, 0.05) is 35.1 Å². The van der Waals surface area contributed by atoms with Crippen LogP contribution in [0.1, 0.15) is 25.7 Å². The van der Waals surface area contributed by atoms with Gasteiger partial charge in [0.2, 0.25) is 15.9 Å². The normalized spacial score (nSPS) is 14.9. The quantitative estimate of drug-likeness (QED) is 0.481. The molecule has 0 spiro atoms. The topological polar surface area (TPSA) is 66.5 Å². The highest BCUT2D eigenvalue weighted by Gasteiger charge is 2.27. The molecular weight excluding hydrogens is 416 g/mol. The minimum absolute atomic E-state index is 0.118. The van der Waals surface area contributed by atoms with Gasteiger partial charge in [-0.3, -0.25) is 4.79 Å². The number of nitrogens with zero attached hydrogens (tertiary/aromatic N) is 1. The van der Waals surface area contributed by atoms with Gasteiger partial charge in [-0.2, -0.15) is 4.31 Å². The largest absolute Gasteiger partial charge is 0.326 e. The predicted molar refractivity (Wildman–Crippen MR) is 114 cm³/mol. The van der Waals surface area contributed by atoms with Crippen LogP contribution in [0, 0.1) is 0 Å². The molecule has 1 aliphatic rings. The summed E-state index contributed by atoms with van der Waals surface area (Å²) in [6.45, 7) is 1.12. The molecule has 0 aromatic heterocycles. The number of nitrogens with one attached hydrogen (secondary N) is 1.